The summed E-state index contributed by atoms with van der Waals surface area (Å²) < 4.78 is 0. The molecule has 5 nitrogen and oxygen atoms in total. The topological polar surface area (TPSA) is 94.0 Å². The van der Waals surface area contributed by atoms with Crippen LogP contribution in [-0.4, -0.2) is 16.1 Å². The van der Waals surface area contributed by atoms with Gasteiger partial charge in [-0.3, -0.25) is 10.2 Å². The van der Waals surface area contributed by atoms with Crippen molar-refractivity contribution in [3.8, 4) is 0 Å². The van der Waals surface area contributed by atoms with E-state index >= 15 is 0 Å². The van der Waals surface area contributed by atoms with Crippen LogP contribution in [0, 0.1) is 0 Å². The first kappa shape index (κ1) is 10.8. The molecule has 1 amide bonds. The number of anilines is 1. The molecule has 0 fully saturated rings. The third kappa shape index (κ3) is 2.90. The number of rotatable bonds is 3. The normalized spacial score (nSPS) is 12.1. The van der Waals surface area contributed by atoms with Crippen LogP contribution in [0.2, 0.25) is 0 Å². The van der Waals surface area contributed by atoms with Gasteiger partial charge in [-0.2, -0.15) is 0 Å². The van der Waals surface area contributed by atoms with Crippen LogP contribution in [-0.2, 0) is 4.79 Å². The molecule has 1 aromatic heterocycles. The lowest BCUT2D eigenvalue weighted by atomic mass is 10.4. The molecule has 76 valence electrons. The first-order chi connectivity index (χ1) is 6.63. The van der Waals surface area contributed by atoms with E-state index in [9.17, 15) is 4.79 Å². The minimum atomic E-state index is -0.267. The van der Waals surface area contributed by atoms with Crippen molar-refractivity contribution in [1.29, 1.82) is 0 Å². The molecule has 14 heavy (non-hydrogen) atoms. The molecule has 6 heteroatoms. The molecule has 0 spiro atoms. The lowest BCUT2D eigenvalue weighted by Gasteiger charge is -2.08. The molecule has 1 heterocycles. The lowest BCUT2D eigenvalue weighted by Crippen LogP contribution is -2.36. The van der Waals surface area contributed by atoms with Crippen molar-refractivity contribution in [1.82, 2.24) is 10.4 Å². The second-order valence-electron chi connectivity index (χ2n) is 2.70. The zero-order chi connectivity index (χ0) is 10.6. The van der Waals surface area contributed by atoms with E-state index in [1.807, 2.05) is 0 Å². The van der Waals surface area contributed by atoms with Crippen LogP contribution in [0.15, 0.2) is 23.4 Å². The first-order valence-corrected chi connectivity index (χ1v) is 4.90. The number of aromatic nitrogens is 1. The number of hydrogen-bond donors (Lipinski definition) is 3. The maximum Gasteiger partial charge on any atom is 0.247 e. The van der Waals surface area contributed by atoms with Crippen molar-refractivity contribution in [3.05, 3.63) is 18.3 Å². The average Bonchev–Trinajstić information content (AvgIpc) is 2.20. The highest BCUT2D eigenvalue weighted by Gasteiger charge is 2.12. The minimum absolute atomic E-state index is 0.228. The molecular weight excluding hydrogens is 200 g/mol. The molecule has 1 rings (SSSR count). The molecule has 0 bridgehead atoms. The largest absolute Gasteiger partial charge is 0.397 e. The zero-order valence-electron chi connectivity index (χ0n) is 7.73. The van der Waals surface area contributed by atoms with E-state index in [2.05, 4.69) is 10.4 Å². The third-order valence-corrected chi connectivity index (χ3v) is 2.62. The first-order valence-electron chi connectivity index (χ1n) is 4.02. The number of carbonyl (C=O) groups excluding carboxylic acids is 1. The molecule has 1 aromatic rings. The Balaban J connectivity index is 2.60. The Morgan fingerprint density at radius 3 is 2.86 bits per heavy atom. The van der Waals surface area contributed by atoms with Gasteiger partial charge in [0, 0.05) is 0 Å². The fourth-order valence-electron chi connectivity index (χ4n) is 0.813. The number of hydrazine groups is 1. The summed E-state index contributed by atoms with van der Waals surface area (Å²) in [5, 5.41) is 0.478. The average molecular weight is 212 g/mol. The smallest absolute Gasteiger partial charge is 0.247 e. The van der Waals surface area contributed by atoms with Crippen LogP contribution in [0.5, 0.6) is 0 Å². The summed E-state index contributed by atoms with van der Waals surface area (Å²) in [7, 11) is 0. The number of nitrogens with two attached hydrogens (primary N) is 2. The second-order valence-corrected chi connectivity index (χ2v) is 4.06. The lowest BCUT2D eigenvalue weighted by molar-refractivity contribution is -0.120. The maximum absolute atomic E-state index is 11.1. The number of pyridine rings is 1. The molecular formula is C8H12N4OS. The highest BCUT2D eigenvalue weighted by molar-refractivity contribution is 8.00. The van der Waals surface area contributed by atoms with E-state index in [1.54, 1.807) is 25.3 Å². The van der Waals surface area contributed by atoms with E-state index in [1.165, 1.54) is 11.8 Å². The molecule has 0 aromatic carbocycles. The molecule has 1 unspecified atom stereocenters. The molecule has 0 saturated carbocycles. The highest BCUT2D eigenvalue weighted by Crippen LogP contribution is 2.21. The Morgan fingerprint density at radius 1 is 1.64 bits per heavy atom. The van der Waals surface area contributed by atoms with E-state index in [0.29, 0.717) is 5.69 Å². The summed E-state index contributed by atoms with van der Waals surface area (Å²) in [6.45, 7) is 1.75. The quantitative estimate of drug-likeness (QED) is 0.287. The Labute approximate surface area is 86.2 Å². The number of carbonyl (C=O) groups is 1. The number of hydrogen-bond acceptors (Lipinski definition) is 5. The van der Waals surface area contributed by atoms with Crippen LogP contribution in [0.1, 0.15) is 6.92 Å². The fourth-order valence-corrected chi connectivity index (χ4v) is 1.61. The molecule has 0 aliphatic heterocycles. The standard InChI is InChI=1S/C8H12N4OS/c1-5(8(13)12-10)14-7-3-2-6(9)4-11-7/h2-5H,9-10H2,1H3,(H,12,13). The van der Waals surface area contributed by atoms with Gasteiger partial charge in [0.05, 0.1) is 22.2 Å². The van der Waals surface area contributed by atoms with Crippen molar-refractivity contribution < 1.29 is 4.79 Å². The SMILES string of the molecule is CC(Sc1ccc(N)cn1)C(=O)NN. The predicted octanol–water partition coefficient (Wildman–Crippen LogP) is 0.134. The van der Waals surface area contributed by atoms with Crippen LogP contribution in [0.4, 0.5) is 5.69 Å². The third-order valence-electron chi connectivity index (χ3n) is 1.57. The van der Waals surface area contributed by atoms with Gasteiger partial charge in [0.25, 0.3) is 0 Å². The van der Waals surface area contributed by atoms with Gasteiger partial charge in [-0.1, -0.05) is 11.8 Å². The number of nitrogens with zero attached hydrogens (tertiary/aromatic N) is 1. The van der Waals surface area contributed by atoms with Gasteiger partial charge in [-0.15, -0.1) is 0 Å². The summed E-state index contributed by atoms with van der Waals surface area (Å²) in [4.78, 5) is 15.1. The van der Waals surface area contributed by atoms with Crippen molar-refractivity contribution in [2.45, 2.75) is 17.2 Å². The number of amides is 1. The summed E-state index contributed by atoms with van der Waals surface area (Å²) in [6.07, 6.45) is 1.55. The second kappa shape index (κ2) is 4.83. The Bertz CT molecular complexity index is 314. The molecule has 1 atom stereocenters. The number of thioether (sulfide) groups is 1. The number of nitrogens with one attached hydrogen (secondary N) is 1. The maximum atomic E-state index is 11.1. The van der Waals surface area contributed by atoms with Gasteiger partial charge in [-0.25, -0.2) is 10.8 Å². The fraction of sp³-hybridized carbons (Fsp3) is 0.250. The molecule has 0 saturated heterocycles. The molecule has 0 aliphatic rings. The van der Waals surface area contributed by atoms with Gasteiger partial charge in [0.1, 0.15) is 0 Å². The molecule has 5 N–H and O–H groups in total. The van der Waals surface area contributed by atoms with Crippen LogP contribution in [0.25, 0.3) is 0 Å². The van der Waals surface area contributed by atoms with Gasteiger partial charge in [0.2, 0.25) is 5.91 Å². The van der Waals surface area contributed by atoms with Crippen molar-refractivity contribution in [2.24, 2.45) is 5.84 Å². The summed E-state index contributed by atoms with van der Waals surface area (Å²) >= 11 is 1.33. The Kier molecular flexibility index (Phi) is 3.73. The van der Waals surface area contributed by atoms with E-state index in [0.717, 1.165) is 5.03 Å². The predicted molar refractivity (Wildman–Crippen MR) is 56.3 cm³/mol. The summed E-state index contributed by atoms with van der Waals surface area (Å²) in [6, 6.07) is 3.50. The number of nitrogen functional groups attached to an aromatic ring is 1. The Morgan fingerprint density at radius 2 is 2.36 bits per heavy atom. The molecule has 0 radical (unpaired) electrons. The Hall–Kier alpha value is -1.27. The van der Waals surface area contributed by atoms with E-state index < -0.39 is 0 Å². The minimum Gasteiger partial charge on any atom is -0.397 e. The van der Waals surface area contributed by atoms with Crippen molar-refractivity contribution in [3.63, 3.8) is 0 Å². The van der Waals surface area contributed by atoms with E-state index in [4.69, 9.17) is 11.6 Å². The monoisotopic (exact) mass is 212 g/mol. The van der Waals surface area contributed by atoms with Gasteiger partial charge in [-0.05, 0) is 19.1 Å². The molecule has 0 aliphatic carbocycles. The van der Waals surface area contributed by atoms with Crippen LogP contribution in [0.3, 0.4) is 0 Å². The van der Waals surface area contributed by atoms with Crippen LogP contribution < -0.4 is 17.0 Å². The summed E-state index contributed by atoms with van der Waals surface area (Å²) in [5.74, 6) is 4.77. The van der Waals surface area contributed by atoms with E-state index in [-0.39, 0.29) is 11.2 Å². The highest BCUT2D eigenvalue weighted by atomic mass is 32.2. The van der Waals surface area contributed by atoms with Gasteiger partial charge < -0.3 is 5.73 Å². The summed E-state index contributed by atoms with van der Waals surface area (Å²) in [5.41, 5.74) is 8.16. The zero-order valence-corrected chi connectivity index (χ0v) is 8.54. The van der Waals surface area contributed by atoms with Crippen molar-refractivity contribution >= 4 is 23.4 Å². The van der Waals surface area contributed by atoms with Gasteiger partial charge >= 0.3 is 0 Å². The van der Waals surface area contributed by atoms with Gasteiger partial charge in [0.15, 0.2) is 0 Å². The van der Waals surface area contributed by atoms with Crippen molar-refractivity contribution in [2.75, 3.05) is 5.73 Å². The van der Waals surface area contributed by atoms with Crippen LogP contribution >= 0.6 is 11.8 Å².